The number of hydrogen-bond acceptors (Lipinski definition) is 3. The highest BCUT2D eigenvalue weighted by Crippen LogP contribution is 2.20. The van der Waals surface area contributed by atoms with Crippen LogP contribution in [0.15, 0.2) is 47.2 Å². The summed E-state index contributed by atoms with van der Waals surface area (Å²) in [4.78, 5) is 15.9. The highest BCUT2D eigenvalue weighted by Gasteiger charge is 2.12. The minimum absolute atomic E-state index is 0.0399. The van der Waals surface area contributed by atoms with E-state index in [0.29, 0.717) is 15.7 Å². The molecule has 0 radical (unpaired) electrons. The number of amides is 1. The van der Waals surface area contributed by atoms with Gasteiger partial charge >= 0.3 is 6.61 Å². The third-order valence-corrected chi connectivity index (χ3v) is 3.26. The van der Waals surface area contributed by atoms with E-state index in [2.05, 4.69) is 31.0 Å². The molecule has 0 saturated carbocycles. The van der Waals surface area contributed by atoms with Crippen molar-refractivity contribution >= 4 is 21.8 Å². The number of ether oxygens (including phenoxy) is 1. The maximum atomic E-state index is 12.3. The molecule has 0 aliphatic rings. The molecule has 7 heteroatoms. The number of alkyl halides is 2. The van der Waals surface area contributed by atoms with Crippen molar-refractivity contribution in [3.05, 3.63) is 58.3 Å². The average molecular weight is 357 g/mol. The lowest BCUT2D eigenvalue weighted by Gasteiger charge is -2.11. The van der Waals surface area contributed by atoms with Gasteiger partial charge in [0.1, 0.15) is 10.4 Å². The fourth-order valence-corrected chi connectivity index (χ4v) is 2.12. The van der Waals surface area contributed by atoms with Crippen LogP contribution in [0.4, 0.5) is 8.78 Å². The molecule has 2 rings (SSSR count). The Morgan fingerprint density at radius 3 is 2.76 bits per heavy atom. The zero-order valence-corrected chi connectivity index (χ0v) is 12.3. The normalized spacial score (nSPS) is 10.5. The Labute approximate surface area is 128 Å². The maximum absolute atomic E-state index is 12.3. The van der Waals surface area contributed by atoms with Crippen molar-refractivity contribution in [1.29, 1.82) is 0 Å². The molecule has 2 aromatic rings. The zero-order valence-electron chi connectivity index (χ0n) is 10.7. The number of carbonyl (C=O) groups excluding carboxylic acids is 1. The van der Waals surface area contributed by atoms with Gasteiger partial charge in [-0.25, -0.2) is 4.98 Å². The van der Waals surface area contributed by atoms with Crippen molar-refractivity contribution in [1.82, 2.24) is 10.3 Å². The molecule has 0 fully saturated rings. The van der Waals surface area contributed by atoms with Crippen LogP contribution in [0.25, 0.3) is 0 Å². The SMILES string of the molecule is O=C(NCc1ccccc1OC(F)F)c1cccnc1Br. The van der Waals surface area contributed by atoms with E-state index in [-0.39, 0.29) is 18.2 Å². The molecule has 1 amide bonds. The van der Waals surface area contributed by atoms with Crippen LogP contribution in [0.5, 0.6) is 5.75 Å². The lowest BCUT2D eigenvalue weighted by Crippen LogP contribution is -2.23. The zero-order chi connectivity index (χ0) is 15.2. The fraction of sp³-hybridized carbons (Fsp3) is 0.143. The van der Waals surface area contributed by atoms with E-state index in [1.54, 1.807) is 36.5 Å². The Hall–Kier alpha value is -2.02. The topological polar surface area (TPSA) is 51.2 Å². The highest BCUT2D eigenvalue weighted by molar-refractivity contribution is 9.10. The van der Waals surface area contributed by atoms with Gasteiger partial charge in [0.05, 0.1) is 5.56 Å². The predicted molar refractivity (Wildman–Crippen MR) is 76.2 cm³/mol. The van der Waals surface area contributed by atoms with E-state index >= 15 is 0 Å². The quantitative estimate of drug-likeness (QED) is 0.835. The lowest BCUT2D eigenvalue weighted by atomic mass is 10.2. The second-order valence-electron chi connectivity index (χ2n) is 4.01. The molecule has 1 heterocycles. The van der Waals surface area contributed by atoms with Crippen LogP contribution in [-0.2, 0) is 6.54 Å². The fourth-order valence-electron chi connectivity index (χ4n) is 1.69. The molecule has 0 spiro atoms. The molecular weight excluding hydrogens is 346 g/mol. The van der Waals surface area contributed by atoms with Gasteiger partial charge < -0.3 is 10.1 Å². The first-order valence-electron chi connectivity index (χ1n) is 5.99. The summed E-state index contributed by atoms with van der Waals surface area (Å²) in [6.45, 7) is -2.84. The molecule has 0 bridgehead atoms. The maximum Gasteiger partial charge on any atom is 0.387 e. The smallest absolute Gasteiger partial charge is 0.387 e. The Morgan fingerprint density at radius 2 is 2.05 bits per heavy atom. The molecule has 4 nitrogen and oxygen atoms in total. The molecule has 1 N–H and O–H groups in total. The molecule has 0 aliphatic carbocycles. The number of para-hydroxylation sites is 1. The minimum Gasteiger partial charge on any atom is -0.434 e. The summed E-state index contributed by atoms with van der Waals surface area (Å²) in [5.74, 6) is -0.320. The summed E-state index contributed by atoms with van der Waals surface area (Å²) in [6, 6.07) is 9.53. The van der Waals surface area contributed by atoms with Gasteiger partial charge in [0.15, 0.2) is 0 Å². The molecule has 0 unspecified atom stereocenters. The second kappa shape index (κ2) is 7.12. The summed E-state index contributed by atoms with van der Waals surface area (Å²) in [5.41, 5.74) is 0.830. The van der Waals surface area contributed by atoms with E-state index in [1.165, 1.54) is 6.07 Å². The Balaban J connectivity index is 2.07. The van der Waals surface area contributed by atoms with Gasteiger partial charge in [-0.1, -0.05) is 18.2 Å². The van der Waals surface area contributed by atoms with Crippen LogP contribution >= 0.6 is 15.9 Å². The number of hydrogen-bond donors (Lipinski definition) is 1. The number of rotatable bonds is 5. The van der Waals surface area contributed by atoms with Crippen LogP contribution in [0.2, 0.25) is 0 Å². The van der Waals surface area contributed by atoms with Crippen LogP contribution in [0, 0.1) is 0 Å². The van der Waals surface area contributed by atoms with E-state index in [4.69, 9.17) is 0 Å². The van der Waals surface area contributed by atoms with E-state index < -0.39 is 6.61 Å². The monoisotopic (exact) mass is 356 g/mol. The molecule has 110 valence electrons. The summed E-state index contributed by atoms with van der Waals surface area (Å²) < 4.78 is 29.4. The third kappa shape index (κ3) is 4.22. The van der Waals surface area contributed by atoms with Crippen molar-refractivity contribution < 1.29 is 18.3 Å². The molecule has 0 atom stereocenters. The summed E-state index contributed by atoms with van der Waals surface area (Å²) in [6.07, 6.45) is 1.55. The number of pyridine rings is 1. The number of carbonyl (C=O) groups is 1. The minimum atomic E-state index is -2.91. The van der Waals surface area contributed by atoms with E-state index in [1.807, 2.05) is 0 Å². The first kappa shape index (κ1) is 15.4. The number of halogens is 3. The molecule has 1 aromatic carbocycles. The molecule has 0 saturated heterocycles. The Bertz CT molecular complexity index is 638. The van der Waals surface area contributed by atoms with Crippen LogP contribution in [-0.4, -0.2) is 17.5 Å². The molecular formula is C14H11BrF2N2O2. The average Bonchev–Trinajstić information content (AvgIpc) is 2.46. The standard InChI is InChI=1S/C14H11BrF2N2O2/c15-12-10(5-3-7-18-12)13(20)19-8-9-4-1-2-6-11(9)21-14(16)17/h1-7,14H,8H2,(H,19,20). The van der Waals surface area contributed by atoms with Crippen LogP contribution < -0.4 is 10.1 Å². The summed E-state index contributed by atoms with van der Waals surface area (Å²) in [7, 11) is 0. The lowest BCUT2D eigenvalue weighted by molar-refractivity contribution is -0.0504. The van der Waals surface area contributed by atoms with Gasteiger partial charge in [0.25, 0.3) is 5.91 Å². The van der Waals surface area contributed by atoms with Crippen molar-refractivity contribution in [2.75, 3.05) is 0 Å². The summed E-state index contributed by atoms with van der Waals surface area (Å²) >= 11 is 3.17. The number of aromatic nitrogens is 1. The van der Waals surface area contributed by atoms with Gasteiger partial charge in [0, 0.05) is 18.3 Å². The second-order valence-corrected chi connectivity index (χ2v) is 4.76. The first-order valence-corrected chi connectivity index (χ1v) is 6.78. The molecule has 0 aliphatic heterocycles. The molecule has 1 aromatic heterocycles. The van der Waals surface area contributed by atoms with Crippen molar-refractivity contribution in [2.24, 2.45) is 0 Å². The van der Waals surface area contributed by atoms with Gasteiger partial charge in [0.2, 0.25) is 0 Å². The number of benzene rings is 1. The van der Waals surface area contributed by atoms with Gasteiger partial charge in [-0.05, 0) is 34.1 Å². The van der Waals surface area contributed by atoms with Crippen molar-refractivity contribution in [2.45, 2.75) is 13.2 Å². The van der Waals surface area contributed by atoms with Crippen LogP contribution in [0.1, 0.15) is 15.9 Å². The number of nitrogens with one attached hydrogen (secondary N) is 1. The first-order chi connectivity index (χ1) is 10.1. The highest BCUT2D eigenvalue weighted by atomic mass is 79.9. The van der Waals surface area contributed by atoms with Gasteiger partial charge in [-0.3, -0.25) is 4.79 Å². The van der Waals surface area contributed by atoms with Crippen molar-refractivity contribution in [3.8, 4) is 5.75 Å². The van der Waals surface area contributed by atoms with E-state index in [0.717, 1.165) is 0 Å². The number of nitrogens with zero attached hydrogens (tertiary/aromatic N) is 1. The molecule has 21 heavy (non-hydrogen) atoms. The van der Waals surface area contributed by atoms with E-state index in [9.17, 15) is 13.6 Å². The van der Waals surface area contributed by atoms with Crippen molar-refractivity contribution in [3.63, 3.8) is 0 Å². The van der Waals surface area contributed by atoms with Crippen LogP contribution in [0.3, 0.4) is 0 Å². The predicted octanol–water partition coefficient (Wildman–Crippen LogP) is 3.38. The Morgan fingerprint density at radius 1 is 1.29 bits per heavy atom. The Kier molecular flexibility index (Phi) is 5.21. The van der Waals surface area contributed by atoms with Gasteiger partial charge in [-0.2, -0.15) is 8.78 Å². The summed E-state index contributed by atoms with van der Waals surface area (Å²) in [5, 5.41) is 2.64. The third-order valence-electron chi connectivity index (χ3n) is 2.63. The largest absolute Gasteiger partial charge is 0.434 e. The van der Waals surface area contributed by atoms with Gasteiger partial charge in [-0.15, -0.1) is 0 Å².